The van der Waals surface area contributed by atoms with E-state index in [1.807, 2.05) is 22.7 Å². The molecule has 0 fully saturated rings. The summed E-state index contributed by atoms with van der Waals surface area (Å²) in [5.74, 6) is 0. The Morgan fingerprint density at radius 2 is 0.592 bits per heavy atom. The number of nitrogens with zero attached hydrogens (tertiary/aromatic N) is 3. The monoisotopic (exact) mass is 943 g/mol. The Kier molecular flexibility index (Phi) is 10.9. The lowest BCUT2D eigenvalue weighted by Gasteiger charge is -2.33. The number of anilines is 9. The molecule has 0 bridgehead atoms. The third-order valence-electron chi connectivity index (χ3n) is 13.4. The van der Waals surface area contributed by atoms with Gasteiger partial charge < -0.3 is 14.7 Å². The van der Waals surface area contributed by atoms with Crippen LogP contribution in [0.3, 0.4) is 0 Å². The molecule has 13 aromatic rings. The Morgan fingerprint density at radius 3 is 1.15 bits per heavy atom. The van der Waals surface area contributed by atoms with Gasteiger partial charge in [-0.1, -0.05) is 170 Å². The zero-order valence-corrected chi connectivity index (χ0v) is 40.3. The van der Waals surface area contributed by atoms with E-state index in [1.165, 1.54) is 62.6 Å². The summed E-state index contributed by atoms with van der Waals surface area (Å²) in [7, 11) is 0. The molecule has 2 aromatic heterocycles. The summed E-state index contributed by atoms with van der Waals surface area (Å²) in [6.45, 7) is 0. The molecule has 0 aliphatic carbocycles. The lowest BCUT2D eigenvalue weighted by atomic mass is 10.0. The van der Waals surface area contributed by atoms with Crippen molar-refractivity contribution in [2.75, 3.05) is 14.7 Å². The SMILES string of the molecule is c1ccc(-c2ccc(N(c3ccc(-c4ccccc4)cc3)c3cc(N(c4ccccc4)c4ccc5sc6ccccc6c5c4)cc(N(c4ccccc4)c4cccc5c4sc4ccccc45)c3)cc2)cc1. The van der Waals surface area contributed by atoms with Gasteiger partial charge in [-0.25, -0.2) is 0 Å². The second-order valence-corrected chi connectivity index (χ2v) is 19.9. The molecule has 5 heteroatoms. The van der Waals surface area contributed by atoms with Crippen LogP contribution < -0.4 is 14.7 Å². The minimum Gasteiger partial charge on any atom is -0.310 e. The molecule has 71 heavy (non-hydrogen) atoms. The van der Waals surface area contributed by atoms with Crippen molar-refractivity contribution in [2.45, 2.75) is 0 Å². The lowest BCUT2D eigenvalue weighted by molar-refractivity contribution is 1.23. The van der Waals surface area contributed by atoms with Gasteiger partial charge in [-0.05, 0) is 125 Å². The Balaban J connectivity index is 1.09. The first-order chi connectivity index (χ1) is 35.2. The first kappa shape index (κ1) is 42.4. The zero-order valence-electron chi connectivity index (χ0n) is 38.6. The normalized spacial score (nSPS) is 11.4. The molecule has 2 heterocycles. The number of thiophene rings is 2. The summed E-state index contributed by atoms with van der Waals surface area (Å²) in [6, 6.07) is 99.3. The first-order valence-corrected chi connectivity index (χ1v) is 25.6. The predicted octanol–water partition coefficient (Wildman–Crippen LogP) is 20.2. The van der Waals surface area contributed by atoms with Gasteiger partial charge in [-0.3, -0.25) is 0 Å². The van der Waals surface area contributed by atoms with Crippen LogP contribution in [0.15, 0.2) is 273 Å². The van der Waals surface area contributed by atoms with Gasteiger partial charge in [0.2, 0.25) is 0 Å². The van der Waals surface area contributed by atoms with Crippen LogP contribution in [-0.4, -0.2) is 0 Å². The molecule has 0 amide bonds. The maximum atomic E-state index is 2.46. The summed E-state index contributed by atoms with van der Waals surface area (Å²) in [5, 5.41) is 5.04. The number of hydrogen-bond acceptors (Lipinski definition) is 5. The van der Waals surface area contributed by atoms with Crippen molar-refractivity contribution in [3.63, 3.8) is 0 Å². The number of benzene rings is 11. The van der Waals surface area contributed by atoms with Crippen molar-refractivity contribution in [3.8, 4) is 22.3 Å². The molecule has 336 valence electrons. The molecule has 3 nitrogen and oxygen atoms in total. The van der Waals surface area contributed by atoms with Gasteiger partial charge >= 0.3 is 0 Å². The molecule has 13 rings (SSSR count). The second kappa shape index (κ2) is 18.3. The number of para-hydroxylation sites is 2. The van der Waals surface area contributed by atoms with Crippen molar-refractivity contribution >= 4 is 114 Å². The largest absolute Gasteiger partial charge is 0.310 e. The van der Waals surface area contributed by atoms with E-state index in [1.54, 1.807) is 0 Å². The van der Waals surface area contributed by atoms with Gasteiger partial charge in [0.25, 0.3) is 0 Å². The molecule has 0 atom stereocenters. The van der Waals surface area contributed by atoms with Gasteiger partial charge in [0.1, 0.15) is 0 Å². The quantitative estimate of drug-likeness (QED) is 0.128. The van der Waals surface area contributed by atoms with E-state index >= 15 is 0 Å². The first-order valence-electron chi connectivity index (χ1n) is 24.0. The Hall–Kier alpha value is -8.74. The molecule has 0 aliphatic heterocycles. The fourth-order valence-electron chi connectivity index (χ4n) is 10.1. The molecule has 0 radical (unpaired) electrons. The van der Waals surface area contributed by atoms with Crippen LogP contribution in [0.25, 0.3) is 62.6 Å². The molecule has 0 N–H and O–H groups in total. The van der Waals surface area contributed by atoms with Crippen LogP contribution >= 0.6 is 22.7 Å². The molecular weight excluding hydrogens is 899 g/mol. The molecule has 0 aliphatic rings. The van der Waals surface area contributed by atoms with E-state index in [0.717, 1.165) is 51.2 Å². The van der Waals surface area contributed by atoms with Gasteiger partial charge in [0.15, 0.2) is 0 Å². The van der Waals surface area contributed by atoms with E-state index < -0.39 is 0 Å². The van der Waals surface area contributed by atoms with Crippen LogP contribution in [0, 0.1) is 0 Å². The molecule has 0 unspecified atom stereocenters. The van der Waals surface area contributed by atoms with Crippen LogP contribution in [0.4, 0.5) is 51.2 Å². The average molecular weight is 944 g/mol. The highest BCUT2D eigenvalue weighted by atomic mass is 32.1. The third kappa shape index (κ3) is 7.97. The van der Waals surface area contributed by atoms with Crippen LogP contribution in [0.2, 0.25) is 0 Å². The number of hydrogen-bond donors (Lipinski definition) is 0. The summed E-state index contributed by atoms with van der Waals surface area (Å²) >= 11 is 3.70. The Labute approximate surface area is 421 Å². The lowest BCUT2D eigenvalue weighted by Crippen LogP contribution is -2.16. The second-order valence-electron chi connectivity index (χ2n) is 17.7. The maximum Gasteiger partial charge on any atom is 0.0640 e. The number of fused-ring (bicyclic) bond motifs is 6. The van der Waals surface area contributed by atoms with E-state index in [9.17, 15) is 0 Å². The van der Waals surface area contributed by atoms with E-state index in [4.69, 9.17) is 0 Å². The summed E-state index contributed by atoms with van der Waals surface area (Å²) in [4.78, 5) is 7.30. The molecule has 11 aromatic carbocycles. The van der Waals surface area contributed by atoms with Crippen LogP contribution in [0.5, 0.6) is 0 Å². The van der Waals surface area contributed by atoms with E-state index in [0.29, 0.717) is 0 Å². The molecular formula is C66H45N3S2. The fourth-order valence-corrected chi connectivity index (χ4v) is 12.4. The average Bonchev–Trinajstić information content (AvgIpc) is 4.02. The van der Waals surface area contributed by atoms with Gasteiger partial charge in [-0.15, -0.1) is 22.7 Å². The maximum absolute atomic E-state index is 2.46. The van der Waals surface area contributed by atoms with Crippen molar-refractivity contribution in [1.29, 1.82) is 0 Å². The Bertz CT molecular complexity index is 3900. The van der Waals surface area contributed by atoms with Gasteiger partial charge in [0, 0.05) is 64.1 Å². The molecule has 0 saturated carbocycles. The zero-order chi connectivity index (χ0) is 47.1. The number of rotatable bonds is 11. The molecule has 0 saturated heterocycles. The van der Waals surface area contributed by atoms with Crippen molar-refractivity contribution < 1.29 is 0 Å². The smallest absolute Gasteiger partial charge is 0.0640 e. The predicted molar refractivity (Wildman–Crippen MR) is 307 cm³/mol. The van der Waals surface area contributed by atoms with Gasteiger partial charge in [0.05, 0.1) is 27.4 Å². The third-order valence-corrected chi connectivity index (χ3v) is 15.8. The minimum atomic E-state index is 1.02. The highest BCUT2D eigenvalue weighted by molar-refractivity contribution is 7.26. The topological polar surface area (TPSA) is 9.72 Å². The summed E-state index contributed by atoms with van der Waals surface area (Å²) in [6.07, 6.45) is 0. The van der Waals surface area contributed by atoms with Gasteiger partial charge in [-0.2, -0.15) is 0 Å². The standard InChI is InChI=1S/C66H45N3S2/c1-5-18-46(19-6-1)48-32-36-52(37-33-48)67(53-38-34-49(35-39-53)47-20-7-2-8-21-47)55-42-56(68(50-22-9-3-10-23-50)54-40-41-65-61(45-54)59-27-14-15-30-63(59)70-65)44-57(43-55)69(51-24-11-4-12-25-51)62-29-17-28-60-58-26-13-16-31-64(58)71-66(60)62/h1-45H. The summed E-state index contributed by atoms with van der Waals surface area (Å²) in [5.41, 5.74) is 14.2. The highest BCUT2D eigenvalue weighted by Gasteiger charge is 2.25. The van der Waals surface area contributed by atoms with Crippen molar-refractivity contribution in [3.05, 3.63) is 273 Å². The Morgan fingerprint density at radius 1 is 0.211 bits per heavy atom. The van der Waals surface area contributed by atoms with Crippen molar-refractivity contribution in [1.82, 2.24) is 0 Å². The summed E-state index contributed by atoms with van der Waals surface area (Å²) < 4.78 is 5.07. The van der Waals surface area contributed by atoms with Crippen LogP contribution in [-0.2, 0) is 0 Å². The van der Waals surface area contributed by atoms with E-state index in [-0.39, 0.29) is 0 Å². The van der Waals surface area contributed by atoms with Crippen molar-refractivity contribution in [2.24, 2.45) is 0 Å². The van der Waals surface area contributed by atoms with Crippen LogP contribution in [0.1, 0.15) is 0 Å². The minimum absolute atomic E-state index is 1.02. The fraction of sp³-hybridized carbons (Fsp3) is 0. The molecule has 0 spiro atoms. The van der Waals surface area contributed by atoms with E-state index in [2.05, 4.69) is 288 Å². The highest BCUT2D eigenvalue weighted by Crippen LogP contribution is 2.50.